The molecule has 0 amide bonds. The van der Waals surface area contributed by atoms with Crippen LogP contribution in [0.15, 0.2) is 22.5 Å². The van der Waals surface area contributed by atoms with Gasteiger partial charge in [-0.25, -0.2) is 0 Å². The number of aliphatic imine (C=N–C) groups is 1. The Hall–Kier alpha value is -1.11. The van der Waals surface area contributed by atoms with E-state index in [-0.39, 0.29) is 0 Å². The molecule has 2 unspecified atom stereocenters. The molecular weight excluding hydrogens is 344 g/mol. The Labute approximate surface area is 162 Å². The van der Waals surface area contributed by atoms with Crippen LogP contribution in [0.2, 0.25) is 0 Å². The second kappa shape index (κ2) is 10.3. The van der Waals surface area contributed by atoms with Crippen molar-refractivity contribution >= 4 is 17.3 Å². The van der Waals surface area contributed by atoms with E-state index in [1.807, 2.05) is 11.3 Å². The van der Waals surface area contributed by atoms with E-state index in [0.717, 1.165) is 38.2 Å². The molecule has 2 aliphatic rings. The second-order valence-corrected chi connectivity index (χ2v) is 8.56. The van der Waals surface area contributed by atoms with Crippen molar-refractivity contribution in [1.82, 2.24) is 15.5 Å². The van der Waals surface area contributed by atoms with Crippen LogP contribution < -0.4 is 10.6 Å². The molecule has 6 heteroatoms. The van der Waals surface area contributed by atoms with Gasteiger partial charge in [0.25, 0.3) is 0 Å². The minimum absolute atomic E-state index is 0.473. The summed E-state index contributed by atoms with van der Waals surface area (Å²) in [5.74, 6) is 2.19. The number of thiophene rings is 1. The van der Waals surface area contributed by atoms with Crippen LogP contribution in [0.5, 0.6) is 0 Å². The van der Waals surface area contributed by atoms with E-state index >= 15 is 0 Å². The van der Waals surface area contributed by atoms with Gasteiger partial charge in [0.15, 0.2) is 5.96 Å². The standard InChI is InChI=1S/C20H34N4OS/c1-3-21-20(22-13-16(2)19-5-4-12-26-19)23-18-6-9-24(10-7-18)14-17-8-11-25-15-17/h4-5,12,16-18H,3,6-11,13-15H2,1-2H3,(H2,21,22,23). The van der Waals surface area contributed by atoms with Gasteiger partial charge in [-0.3, -0.25) is 4.99 Å². The lowest BCUT2D eigenvalue weighted by Gasteiger charge is -2.34. The van der Waals surface area contributed by atoms with E-state index in [9.17, 15) is 0 Å². The van der Waals surface area contributed by atoms with Crippen LogP contribution in [0, 0.1) is 5.92 Å². The Morgan fingerprint density at radius 1 is 1.38 bits per heavy atom. The van der Waals surface area contributed by atoms with Crippen LogP contribution in [-0.2, 0) is 4.74 Å². The maximum Gasteiger partial charge on any atom is 0.191 e. The summed E-state index contributed by atoms with van der Waals surface area (Å²) in [5, 5.41) is 9.22. The van der Waals surface area contributed by atoms with Gasteiger partial charge in [0.1, 0.15) is 0 Å². The van der Waals surface area contributed by atoms with Crippen molar-refractivity contribution in [1.29, 1.82) is 0 Å². The minimum atomic E-state index is 0.473. The van der Waals surface area contributed by atoms with Crippen molar-refractivity contribution in [3.05, 3.63) is 22.4 Å². The summed E-state index contributed by atoms with van der Waals surface area (Å²) in [6, 6.07) is 4.85. The van der Waals surface area contributed by atoms with Crippen molar-refractivity contribution < 1.29 is 4.74 Å². The maximum absolute atomic E-state index is 5.51. The molecule has 3 rings (SSSR count). The molecule has 0 spiro atoms. The average molecular weight is 379 g/mol. The molecule has 2 fully saturated rings. The van der Waals surface area contributed by atoms with Gasteiger partial charge in [0.05, 0.1) is 13.2 Å². The summed E-state index contributed by atoms with van der Waals surface area (Å²) >= 11 is 1.82. The van der Waals surface area contributed by atoms with Crippen LogP contribution in [0.1, 0.15) is 43.9 Å². The first-order valence-electron chi connectivity index (χ1n) is 10.1. The fraction of sp³-hybridized carbons (Fsp3) is 0.750. The van der Waals surface area contributed by atoms with Gasteiger partial charge in [-0.2, -0.15) is 0 Å². The molecule has 0 radical (unpaired) electrons. The third-order valence-electron chi connectivity index (χ3n) is 5.37. The summed E-state index contributed by atoms with van der Waals surface area (Å²) in [7, 11) is 0. The number of hydrogen-bond donors (Lipinski definition) is 2. The van der Waals surface area contributed by atoms with Gasteiger partial charge in [-0.05, 0) is 43.6 Å². The number of rotatable bonds is 7. The van der Waals surface area contributed by atoms with E-state index in [0.29, 0.717) is 12.0 Å². The summed E-state index contributed by atoms with van der Waals surface area (Å²) in [6.07, 6.45) is 3.62. The lowest BCUT2D eigenvalue weighted by atomic mass is 10.0. The van der Waals surface area contributed by atoms with E-state index in [2.05, 4.69) is 46.9 Å². The molecule has 26 heavy (non-hydrogen) atoms. The topological polar surface area (TPSA) is 48.9 Å². The zero-order chi connectivity index (χ0) is 18.2. The molecule has 1 aromatic rings. The van der Waals surface area contributed by atoms with Gasteiger partial charge in [0.2, 0.25) is 0 Å². The molecule has 2 aliphatic heterocycles. The fourth-order valence-corrected chi connectivity index (χ4v) is 4.53. The van der Waals surface area contributed by atoms with Crippen molar-refractivity contribution in [3.8, 4) is 0 Å². The van der Waals surface area contributed by atoms with Gasteiger partial charge in [-0.1, -0.05) is 13.0 Å². The molecule has 2 N–H and O–H groups in total. The van der Waals surface area contributed by atoms with Gasteiger partial charge >= 0.3 is 0 Å². The highest BCUT2D eigenvalue weighted by Gasteiger charge is 2.24. The van der Waals surface area contributed by atoms with Crippen LogP contribution in [0.3, 0.4) is 0 Å². The maximum atomic E-state index is 5.51. The highest BCUT2D eigenvalue weighted by Crippen LogP contribution is 2.21. The molecule has 146 valence electrons. The average Bonchev–Trinajstić information content (AvgIpc) is 3.35. The van der Waals surface area contributed by atoms with E-state index in [1.54, 1.807) is 0 Å². The third kappa shape index (κ3) is 5.96. The molecular formula is C20H34N4OS. The van der Waals surface area contributed by atoms with Gasteiger partial charge in [0, 0.05) is 49.6 Å². The number of guanidine groups is 1. The fourth-order valence-electron chi connectivity index (χ4n) is 3.76. The number of piperidine rings is 1. The molecule has 1 aromatic heterocycles. The summed E-state index contributed by atoms with van der Waals surface area (Å²) in [4.78, 5) is 8.86. The first kappa shape index (κ1) is 19.6. The predicted octanol–water partition coefficient (Wildman–Crippen LogP) is 2.91. The SMILES string of the molecule is CCNC(=NCC(C)c1cccs1)NC1CCN(CC2CCOC2)CC1. The monoisotopic (exact) mass is 378 g/mol. The Bertz CT molecular complexity index is 534. The van der Waals surface area contributed by atoms with Crippen molar-refractivity contribution in [2.75, 3.05) is 45.9 Å². The largest absolute Gasteiger partial charge is 0.381 e. The zero-order valence-electron chi connectivity index (χ0n) is 16.2. The minimum Gasteiger partial charge on any atom is -0.381 e. The number of ether oxygens (including phenoxy) is 1. The van der Waals surface area contributed by atoms with Gasteiger partial charge < -0.3 is 20.3 Å². The number of nitrogens with zero attached hydrogens (tertiary/aromatic N) is 2. The first-order valence-corrected chi connectivity index (χ1v) is 11.0. The number of hydrogen-bond acceptors (Lipinski definition) is 4. The molecule has 0 aliphatic carbocycles. The zero-order valence-corrected chi connectivity index (χ0v) is 17.1. The molecule has 3 heterocycles. The van der Waals surface area contributed by atoms with Crippen molar-refractivity contribution in [2.45, 2.75) is 45.1 Å². The number of likely N-dealkylation sites (tertiary alicyclic amines) is 1. The Balaban J connectivity index is 1.43. The smallest absolute Gasteiger partial charge is 0.191 e. The Morgan fingerprint density at radius 3 is 2.88 bits per heavy atom. The van der Waals surface area contributed by atoms with Crippen LogP contribution in [-0.4, -0.2) is 62.8 Å². The lowest BCUT2D eigenvalue weighted by molar-refractivity contribution is 0.150. The summed E-state index contributed by atoms with van der Waals surface area (Å²) in [6.45, 7) is 11.6. The Morgan fingerprint density at radius 2 is 2.23 bits per heavy atom. The Kier molecular flexibility index (Phi) is 7.77. The first-order chi connectivity index (χ1) is 12.7. The molecule has 2 saturated heterocycles. The lowest BCUT2D eigenvalue weighted by Crippen LogP contribution is -2.49. The molecule has 0 bridgehead atoms. The molecule has 5 nitrogen and oxygen atoms in total. The highest BCUT2D eigenvalue weighted by atomic mass is 32.1. The van der Waals surface area contributed by atoms with Crippen LogP contribution >= 0.6 is 11.3 Å². The molecule has 2 atom stereocenters. The van der Waals surface area contributed by atoms with Crippen molar-refractivity contribution in [2.24, 2.45) is 10.9 Å². The van der Waals surface area contributed by atoms with Crippen molar-refractivity contribution in [3.63, 3.8) is 0 Å². The van der Waals surface area contributed by atoms with Gasteiger partial charge in [-0.15, -0.1) is 11.3 Å². The predicted molar refractivity (Wildman–Crippen MR) is 110 cm³/mol. The summed E-state index contributed by atoms with van der Waals surface area (Å²) in [5.41, 5.74) is 0. The third-order valence-corrected chi connectivity index (χ3v) is 6.47. The van der Waals surface area contributed by atoms with E-state index in [4.69, 9.17) is 9.73 Å². The highest BCUT2D eigenvalue weighted by molar-refractivity contribution is 7.10. The van der Waals surface area contributed by atoms with Crippen LogP contribution in [0.4, 0.5) is 0 Å². The molecule has 0 aromatic carbocycles. The number of nitrogens with one attached hydrogen (secondary N) is 2. The van der Waals surface area contributed by atoms with E-state index < -0.39 is 0 Å². The quantitative estimate of drug-likeness (QED) is 0.566. The summed E-state index contributed by atoms with van der Waals surface area (Å²) < 4.78 is 5.51. The van der Waals surface area contributed by atoms with E-state index in [1.165, 1.54) is 43.8 Å². The normalized spacial score (nSPS) is 23.9. The van der Waals surface area contributed by atoms with Crippen LogP contribution in [0.25, 0.3) is 0 Å². The second-order valence-electron chi connectivity index (χ2n) is 7.58. The molecule has 0 saturated carbocycles.